The number of anilines is 1. The fraction of sp³-hybridized carbons (Fsp3) is 0.136. The number of benzene rings is 2. The molecule has 0 spiro atoms. The fourth-order valence-electron chi connectivity index (χ4n) is 2.55. The number of nitrogens with one attached hydrogen (secondary N) is 2. The molecule has 0 aliphatic heterocycles. The first kappa shape index (κ1) is 21.0. The molecule has 0 radical (unpaired) electrons. The van der Waals surface area contributed by atoms with Crippen LogP contribution in [-0.2, 0) is 4.79 Å². The monoisotopic (exact) mass is 376 g/mol. The van der Waals surface area contributed by atoms with E-state index in [9.17, 15) is 9.59 Å². The van der Waals surface area contributed by atoms with Gasteiger partial charge in [-0.1, -0.05) is 36.9 Å². The normalized spacial score (nSPS) is 9.93. The Kier molecular flexibility index (Phi) is 8.02. The van der Waals surface area contributed by atoms with Gasteiger partial charge in [0.05, 0.1) is 5.69 Å². The summed E-state index contributed by atoms with van der Waals surface area (Å²) in [5.74, 6) is -0.260. The fourth-order valence-corrected chi connectivity index (χ4v) is 2.55. The lowest BCUT2D eigenvalue weighted by Gasteiger charge is -2.09. The van der Waals surface area contributed by atoms with Gasteiger partial charge in [0.15, 0.2) is 6.29 Å². The third-order valence-corrected chi connectivity index (χ3v) is 3.91. The second-order valence-corrected chi connectivity index (χ2v) is 5.89. The van der Waals surface area contributed by atoms with E-state index in [-0.39, 0.29) is 5.91 Å². The quantitative estimate of drug-likeness (QED) is 0.454. The Labute approximate surface area is 164 Å². The molecule has 0 saturated carbocycles. The summed E-state index contributed by atoms with van der Waals surface area (Å²) in [4.78, 5) is 26.8. The Balaban J connectivity index is 0.000000500. The van der Waals surface area contributed by atoms with Gasteiger partial charge in [-0.2, -0.15) is 0 Å². The van der Waals surface area contributed by atoms with Gasteiger partial charge < -0.3 is 16.4 Å². The summed E-state index contributed by atoms with van der Waals surface area (Å²) in [6.07, 6.45) is 1.96. The van der Waals surface area contributed by atoms with Crippen LogP contribution in [0.5, 0.6) is 0 Å². The van der Waals surface area contributed by atoms with Gasteiger partial charge in [0.1, 0.15) is 5.69 Å². The lowest BCUT2D eigenvalue weighted by molar-refractivity contribution is -0.111. The molecule has 0 bridgehead atoms. The molecule has 0 saturated heterocycles. The maximum Gasteiger partial charge on any atom is 0.247 e. The molecular formula is C22H24N4O2. The van der Waals surface area contributed by atoms with Crippen LogP contribution in [0.1, 0.15) is 10.5 Å². The molecule has 0 unspecified atom stereocenters. The Morgan fingerprint density at radius 3 is 2.61 bits per heavy atom. The van der Waals surface area contributed by atoms with Crippen molar-refractivity contribution in [2.24, 2.45) is 5.73 Å². The molecule has 2 aromatic carbocycles. The molecule has 1 aromatic heterocycles. The molecule has 1 heterocycles. The van der Waals surface area contributed by atoms with Gasteiger partial charge in [-0.25, -0.2) is 4.98 Å². The number of pyridine rings is 1. The summed E-state index contributed by atoms with van der Waals surface area (Å²) in [6, 6.07) is 16.8. The number of carbonyl (C=O) groups excluding carboxylic acids is 2. The van der Waals surface area contributed by atoms with Crippen molar-refractivity contribution in [2.45, 2.75) is 0 Å². The zero-order chi connectivity index (χ0) is 20.4. The van der Waals surface area contributed by atoms with Gasteiger partial charge in [0, 0.05) is 29.7 Å². The predicted molar refractivity (Wildman–Crippen MR) is 114 cm³/mol. The van der Waals surface area contributed by atoms with Crippen LogP contribution in [0.2, 0.25) is 0 Å². The second kappa shape index (κ2) is 10.7. The average molecular weight is 376 g/mol. The minimum absolute atomic E-state index is 0.260. The van der Waals surface area contributed by atoms with E-state index < -0.39 is 0 Å². The van der Waals surface area contributed by atoms with Crippen LogP contribution in [0.4, 0.5) is 5.69 Å². The molecule has 3 rings (SSSR count). The highest BCUT2D eigenvalue weighted by molar-refractivity contribution is 6.06. The van der Waals surface area contributed by atoms with Gasteiger partial charge in [-0.05, 0) is 42.8 Å². The summed E-state index contributed by atoms with van der Waals surface area (Å²) >= 11 is 0. The van der Waals surface area contributed by atoms with Crippen molar-refractivity contribution in [1.29, 1.82) is 0 Å². The molecule has 6 nitrogen and oxygen atoms in total. The Morgan fingerprint density at radius 1 is 1.18 bits per heavy atom. The third-order valence-electron chi connectivity index (χ3n) is 3.91. The minimum atomic E-state index is -0.260. The molecule has 144 valence electrons. The van der Waals surface area contributed by atoms with Crippen LogP contribution in [0.15, 0.2) is 67.3 Å². The van der Waals surface area contributed by atoms with Crippen LogP contribution in [-0.4, -0.2) is 37.3 Å². The van der Waals surface area contributed by atoms with Crippen LogP contribution in [0.3, 0.4) is 0 Å². The number of carbonyl (C=O) groups is 2. The number of hydrogen-bond donors (Lipinski definition) is 3. The number of aromatic nitrogens is 1. The summed E-state index contributed by atoms with van der Waals surface area (Å²) < 4.78 is 0. The summed E-state index contributed by atoms with van der Waals surface area (Å²) in [6.45, 7) is 5.12. The predicted octanol–water partition coefficient (Wildman–Crippen LogP) is 3.00. The van der Waals surface area contributed by atoms with Gasteiger partial charge in [0.2, 0.25) is 5.91 Å². The van der Waals surface area contributed by atoms with Crippen LogP contribution >= 0.6 is 0 Å². The van der Waals surface area contributed by atoms with Crippen LogP contribution in [0, 0.1) is 0 Å². The number of aldehydes is 1. The van der Waals surface area contributed by atoms with E-state index in [2.05, 4.69) is 22.2 Å². The van der Waals surface area contributed by atoms with Crippen molar-refractivity contribution in [2.75, 3.05) is 25.5 Å². The molecule has 0 atom stereocenters. The number of likely N-dealkylation sites (N-methyl/N-ethyl adjacent to an activating group) is 1. The van der Waals surface area contributed by atoms with E-state index in [1.807, 2.05) is 49.5 Å². The topological polar surface area (TPSA) is 97.1 Å². The zero-order valence-corrected chi connectivity index (χ0v) is 15.8. The Bertz CT molecular complexity index is 968. The molecule has 28 heavy (non-hydrogen) atoms. The van der Waals surface area contributed by atoms with E-state index in [0.717, 1.165) is 35.7 Å². The number of nitrogens with zero attached hydrogens (tertiary/aromatic N) is 1. The molecular weight excluding hydrogens is 352 g/mol. The van der Waals surface area contributed by atoms with E-state index in [1.165, 1.54) is 6.08 Å². The van der Waals surface area contributed by atoms with Crippen molar-refractivity contribution < 1.29 is 9.59 Å². The van der Waals surface area contributed by atoms with Gasteiger partial charge >= 0.3 is 0 Å². The first-order valence-corrected chi connectivity index (χ1v) is 8.86. The number of hydrogen-bond acceptors (Lipinski definition) is 5. The van der Waals surface area contributed by atoms with Crippen molar-refractivity contribution in [3.05, 3.63) is 72.9 Å². The van der Waals surface area contributed by atoms with Crippen molar-refractivity contribution >= 4 is 28.7 Å². The largest absolute Gasteiger partial charge is 0.329 e. The molecule has 3 aromatic rings. The Hall–Kier alpha value is -3.35. The van der Waals surface area contributed by atoms with Gasteiger partial charge in [-0.3, -0.25) is 9.59 Å². The first-order valence-electron chi connectivity index (χ1n) is 8.86. The van der Waals surface area contributed by atoms with Crippen LogP contribution in [0.25, 0.3) is 22.0 Å². The number of amides is 1. The molecule has 0 fully saturated rings. The Morgan fingerprint density at radius 2 is 1.96 bits per heavy atom. The lowest BCUT2D eigenvalue weighted by atomic mass is 10.0. The molecule has 1 amide bonds. The number of rotatable bonds is 6. The highest BCUT2D eigenvalue weighted by Gasteiger charge is 2.07. The number of fused-ring (bicyclic) bond motifs is 1. The van der Waals surface area contributed by atoms with Crippen LogP contribution < -0.4 is 16.4 Å². The zero-order valence-electron chi connectivity index (χ0n) is 15.8. The summed E-state index contributed by atoms with van der Waals surface area (Å²) in [7, 11) is 1.88. The molecule has 6 heteroatoms. The van der Waals surface area contributed by atoms with E-state index in [4.69, 9.17) is 5.73 Å². The van der Waals surface area contributed by atoms with E-state index in [0.29, 0.717) is 17.1 Å². The van der Waals surface area contributed by atoms with E-state index >= 15 is 0 Å². The molecule has 0 aliphatic rings. The molecule has 0 aliphatic carbocycles. The summed E-state index contributed by atoms with van der Waals surface area (Å²) in [5, 5.41) is 7.60. The van der Waals surface area contributed by atoms with Crippen molar-refractivity contribution in [3.8, 4) is 11.3 Å². The maximum atomic E-state index is 11.6. The maximum absolute atomic E-state index is 11.6. The molecule has 4 N–H and O–H groups in total. The highest BCUT2D eigenvalue weighted by Crippen LogP contribution is 2.28. The van der Waals surface area contributed by atoms with Gasteiger partial charge in [-0.15, -0.1) is 0 Å². The second-order valence-electron chi connectivity index (χ2n) is 5.89. The highest BCUT2D eigenvalue weighted by atomic mass is 16.1. The first-order chi connectivity index (χ1) is 13.6. The van der Waals surface area contributed by atoms with Gasteiger partial charge in [0.25, 0.3) is 0 Å². The minimum Gasteiger partial charge on any atom is -0.329 e. The smallest absolute Gasteiger partial charge is 0.247 e. The van der Waals surface area contributed by atoms with Crippen molar-refractivity contribution in [3.63, 3.8) is 0 Å². The van der Waals surface area contributed by atoms with E-state index in [1.54, 1.807) is 12.1 Å². The standard InChI is InChI=1S/C19H14N2O2.C3H10N2/c1-2-19(23)21-18-8-3-5-13-9-10-14(11-16(13)18)17-7-4-6-15(12-22)20-17;1-5-3-2-4/h2-12H,1H2,(H,21,23);5H,2-4H2,1H3. The van der Waals surface area contributed by atoms with Crippen molar-refractivity contribution in [1.82, 2.24) is 10.3 Å². The SMILES string of the molecule is C=CC(=O)Nc1cccc2ccc(-c3cccc(C=O)n3)cc12.CNCCN. The number of nitrogens with two attached hydrogens (primary N) is 1. The average Bonchev–Trinajstić information content (AvgIpc) is 2.74. The lowest BCUT2D eigenvalue weighted by Crippen LogP contribution is -2.17. The summed E-state index contributed by atoms with van der Waals surface area (Å²) in [5.41, 5.74) is 7.76. The third kappa shape index (κ3) is 5.57.